The number of nitrogens with zero attached hydrogens (tertiary/aromatic N) is 3. The SMILES string of the molecule is COC(=O)[C@H]1Cc2c([nH]c3ccccc23)[C@H](c2ccc(C(F)(F)F)nc2)N1C(=O)COC(=N)N1CCC[C@@H]1F. The Morgan fingerprint density at radius 1 is 1.21 bits per heavy atom. The third-order valence-electron chi connectivity index (χ3n) is 7.06. The van der Waals surface area contributed by atoms with Crippen LogP contribution in [0.2, 0.25) is 0 Å². The Hall–Kier alpha value is -4.16. The normalized spacial score (nSPS) is 21.1. The van der Waals surface area contributed by atoms with Crippen LogP contribution in [0.3, 0.4) is 0 Å². The van der Waals surface area contributed by atoms with E-state index in [0.717, 1.165) is 22.5 Å². The zero-order valence-corrected chi connectivity index (χ0v) is 20.8. The molecule has 206 valence electrons. The first-order valence-corrected chi connectivity index (χ1v) is 12.2. The Balaban J connectivity index is 1.56. The van der Waals surface area contributed by atoms with Crippen LogP contribution in [0.25, 0.3) is 10.9 Å². The first kappa shape index (κ1) is 26.4. The number of nitrogens with one attached hydrogen (secondary N) is 2. The summed E-state index contributed by atoms with van der Waals surface area (Å²) in [5.74, 6) is -1.47. The second-order valence-corrected chi connectivity index (χ2v) is 9.35. The number of para-hydroxylation sites is 1. The Bertz CT molecular complexity index is 1410. The molecule has 9 nitrogen and oxygen atoms in total. The topological polar surface area (TPSA) is 112 Å². The van der Waals surface area contributed by atoms with Gasteiger partial charge in [-0.15, -0.1) is 0 Å². The van der Waals surface area contributed by atoms with Gasteiger partial charge in [-0.25, -0.2) is 9.18 Å². The second kappa shape index (κ2) is 10.2. The number of hydrogen-bond donors (Lipinski definition) is 2. The van der Waals surface area contributed by atoms with E-state index in [0.29, 0.717) is 23.2 Å². The number of carbonyl (C=O) groups is 2. The highest BCUT2D eigenvalue weighted by atomic mass is 19.4. The van der Waals surface area contributed by atoms with Gasteiger partial charge in [-0.3, -0.25) is 20.1 Å². The third kappa shape index (κ3) is 4.88. The van der Waals surface area contributed by atoms with Gasteiger partial charge in [0.05, 0.1) is 13.2 Å². The number of benzene rings is 1. The van der Waals surface area contributed by atoms with E-state index >= 15 is 0 Å². The van der Waals surface area contributed by atoms with Gasteiger partial charge >= 0.3 is 12.1 Å². The molecule has 0 unspecified atom stereocenters. The smallest absolute Gasteiger partial charge is 0.433 e. The van der Waals surface area contributed by atoms with Crippen LogP contribution in [0.15, 0.2) is 42.6 Å². The van der Waals surface area contributed by atoms with Gasteiger partial charge in [-0.1, -0.05) is 24.3 Å². The van der Waals surface area contributed by atoms with Crippen molar-refractivity contribution in [1.82, 2.24) is 19.8 Å². The molecule has 2 aromatic heterocycles. The Kier molecular flexibility index (Phi) is 6.91. The number of hydrogen-bond acceptors (Lipinski definition) is 6. The summed E-state index contributed by atoms with van der Waals surface area (Å²) in [6.45, 7) is -0.434. The summed E-state index contributed by atoms with van der Waals surface area (Å²) in [6, 6.07) is 6.56. The molecule has 0 bridgehead atoms. The summed E-state index contributed by atoms with van der Waals surface area (Å²) in [4.78, 5) is 35.7. The lowest BCUT2D eigenvalue weighted by Crippen LogP contribution is -2.53. The number of ether oxygens (including phenoxy) is 2. The van der Waals surface area contributed by atoms with Crippen molar-refractivity contribution in [2.45, 2.75) is 43.8 Å². The molecule has 5 rings (SSSR count). The van der Waals surface area contributed by atoms with Crippen LogP contribution in [-0.4, -0.2) is 70.3 Å². The number of rotatable bonds is 4. The fourth-order valence-corrected chi connectivity index (χ4v) is 5.24. The number of esters is 1. The Morgan fingerprint density at radius 3 is 2.62 bits per heavy atom. The minimum atomic E-state index is -4.67. The highest BCUT2D eigenvalue weighted by Gasteiger charge is 2.45. The standard InChI is InChI=1S/C26H25F4N5O4/c1-38-24(37)18-11-16-15-5-2-3-6-17(15)33-22(16)23(14-8-9-19(32-12-14)26(28,29)30)35(18)21(36)13-39-25(31)34-10-4-7-20(34)27/h2-3,5-6,8-9,12,18,20,23,31,33H,4,7,10-11,13H2,1H3/t18-,20-,23+/m1/s1. The number of alkyl halides is 4. The van der Waals surface area contributed by atoms with Crippen molar-refractivity contribution >= 4 is 28.8 Å². The van der Waals surface area contributed by atoms with Gasteiger partial charge in [0.2, 0.25) is 0 Å². The minimum Gasteiger partial charge on any atom is -0.467 e. The number of amidine groups is 1. The lowest BCUT2D eigenvalue weighted by Gasteiger charge is -2.40. The lowest BCUT2D eigenvalue weighted by molar-refractivity contribution is -0.156. The molecule has 0 radical (unpaired) electrons. The summed E-state index contributed by atoms with van der Waals surface area (Å²) < 4.78 is 64.1. The number of fused-ring (bicyclic) bond motifs is 3. The van der Waals surface area contributed by atoms with Crippen LogP contribution < -0.4 is 0 Å². The summed E-state index contributed by atoms with van der Waals surface area (Å²) in [6.07, 6.45) is -4.21. The maximum atomic E-state index is 14.1. The van der Waals surface area contributed by atoms with E-state index in [1.54, 1.807) is 6.07 Å². The maximum Gasteiger partial charge on any atom is 0.433 e. The zero-order chi connectivity index (χ0) is 27.9. The fraction of sp³-hybridized carbons (Fsp3) is 0.385. The van der Waals surface area contributed by atoms with E-state index in [4.69, 9.17) is 14.9 Å². The highest BCUT2D eigenvalue weighted by Crippen LogP contribution is 2.41. The van der Waals surface area contributed by atoms with E-state index in [9.17, 15) is 27.2 Å². The lowest BCUT2D eigenvalue weighted by atomic mass is 9.88. The molecule has 1 fully saturated rings. The minimum absolute atomic E-state index is 0.0679. The van der Waals surface area contributed by atoms with E-state index in [-0.39, 0.29) is 24.9 Å². The fourth-order valence-electron chi connectivity index (χ4n) is 5.24. The largest absolute Gasteiger partial charge is 0.467 e. The van der Waals surface area contributed by atoms with Gasteiger partial charge in [0.15, 0.2) is 12.9 Å². The number of H-pyrrole nitrogens is 1. The van der Waals surface area contributed by atoms with Crippen LogP contribution >= 0.6 is 0 Å². The number of halogens is 4. The van der Waals surface area contributed by atoms with Gasteiger partial charge in [0.1, 0.15) is 11.7 Å². The van der Waals surface area contributed by atoms with E-state index in [2.05, 4.69) is 9.97 Å². The number of aromatic amines is 1. The highest BCUT2D eigenvalue weighted by molar-refractivity contribution is 5.91. The summed E-state index contributed by atoms with van der Waals surface area (Å²) in [7, 11) is 1.17. The van der Waals surface area contributed by atoms with Gasteiger partial charge in [0.25, 0.3) is 11.9 Å². The van der Waals surface area contributed by atoms with Gasteiger partial charge in [-0.2, -0.15) is 13.2 Å². The molecule has 3 atom stereocenters. The first-order chi connectivity index (χ1) is 18.6. The molecule has 2 N–H and O–H groups in total. The van der Waals surface area contributed by atoms with Crippen molar-refractivity contribution in [2.24, 2.45) is 0 Å². The molecule has 1 saturated heterocycles. The van der Waals surface area contributed by atoms with E-state index in [1.807, 2.05) is 18.2 Å². The van der Waals surface area contributed by atoms with Crippen LogP contribution in [0.1, 0.15) is 41.4 Å². The number of amides is 1. The summed E-state index contributed by atoms with van der Waals surface area (Å²) >= 11 is 0. The first-order valence-electron chi connectivity index (χ1n) is 12.2. The average Bonchev–Trinajstić information content (AvgIpc) is 3.52. The van der Waals surface area contributed by atoms with Crippen LogP contribution in [0.4, 0.5) is 17.6 Å². The molecule has 1 aromatic carbocycles. The number of aromatic nitrogens is 2. The quantitative estimate of drug-likeness (QED) is 0.168. The number of likely N-dealkylation sites (tertiary alicyclic amines) is 1. The molecule has 1 amide bonds. The predicted octanol–water partition coefficient (Wildman–Crippen LogP) is 3.94. The molecule has 0 saturated carbocycles. The predicted molar refractivity (Wildman–Crippen MR) is 130 cm³/mol. The van der Waals surface area contributed by atoms with Gasteiger partial charge < -0.3 is 19.4 Å². The molecule has 2 aliphatic heterocycles. The van der Waals surface area contributed by atoms with Crippen molar-refractivity contribution in [1.29, 1.82) is 5.41 Å². The van der Waals surface area contributed by atoms with E-state index in [1.165, 1.54) is 18.1 Å². The molecule has 13 heteroatoms. The van der Waals surface area contributed by atoms with Crippen molar-refractivity contribution in [3.63, 3.8) is 0 Å². The molecular weight excluding hydrogens is 522 g/mol. The van der Waals surface area contributed by atoms with Crippen LogP contribution in [0.5, 0.6) is 0 Å². The van der Waals surface area contributed by atoms with Crippen LogP contribution in [-0.2, 0) is 31.7 Å². The molecule has 0 aliphatic carbocycles. The molecule has 0 spiro atoms. The van der Waals surface area contributed by atoms with Crippen molar-refractivity contribution in [2.75, 3.05) is 20.3 Å². The molecule has 39 heavy (non-hydrogen) atoms. The van der Waals surface area contributed by atoms with Crippen molar-refractivity contribution in [3.8, 4) is 0 Å². The monoisotopic (exact) mass is 547 g/mol. The second-order valence-electron chi connectivity index (χ2n) is 9.35. The molecule has 3 aromatic rings. The Labute approximate surface area is 220 Å². The van der Waals surface area contributed by atoms with Crippen molar-refractivity contribution < 1.29 is 36.6 Å². The Morgan fingerprint density at radius 2 is 1.97 bits per heavy atom. The molecule has 4 heterocycles. The number of methoxy groups -OCH3 is 1. The van der Waals surface area contributed by atoms with Crippen molar-refractivity contribution in [3.05, 3.63) is 65.1 Å². The van der Waals surface area contributed by atoms with Gasteiger partial charge in [-0.05, 0) is 36.1 Å². The molecular formula is C26H25F4N5O4. The number of pyridine rings is 1. The maximum absolute atomic E-state index is 14.1. The third-order valence-corrected chi connectivity index (χ3v) is 7.06. The summed E-state index contributed by atoms with van der Waals surface area (Å²) in [5.41, 5.74) is 1.04. The summed E-state index contributed by atoms with van der Waals surface area (Å²) in [5, 5.41) is 8.85. The average molecular weight is 548 g/mol. The molecule has 2 aliphatic rings. The van der Waals surface area contributed by atoms with E-state index < -0.39 is 54.8 Å². The number of carbonyl (C=O) groups excluding carboxylic acids is 2. The van der Waals surface area contributed by atoms with Crippen LogP contribution in [0, 0.1) is 5.41 Å². The van der Waals surface area contributed by atoms with Gasteiger partial charge in [0, 0.05) is 35.8 Å². The zero-order valence-electron chi connectivity index (χ0n) is 20.8.